The van der Waals surface area contributed by atoms with Gasteiger partial charge in [-0.3, -0.25) is 9.99 Å². The SMILES string of the molecule is C#Cc1cnc2c(Cl)cc(N[C@H](C3=CN(C(C)(C)C)NN3)c3ccc(F)nc3C)cc2c1NCC(C)(C)C(F)(F)F. The summed E-state index contributed by atoms with van der Waals surface area (Å²) >= 11 is 6.64. The fourth-order valence-electron chi connectivity index (χ4n) is 4.22. The van der Waals surface area contributed by atoms with E-state index in [0.29, 0.717) is 44.8 Å². The molecule has 0 amide bonds. The summed E-state index contributed by atoms with van der Waals surface area (Å²) in [6, 6.07) is 5.77. The molecule has 1 aliphatic rings. The molecule has 0 spiro atoms. The highest BCUT2D eigenvalue weighted by molar-refractivity contribution is 6.35. The summed E-state index contributed by atoms with van der Waals surface area (Å²) in [6.45, 7) is 9.60. The number of rotatable bonds is 7. The molecule has 3 heterocycles. The van der Waals surface area contributed by atoms with E-state index in [4.69, 9.17) is 18.0 Å². The van der Waals surface area contributed by atoms with Crippen LogP contribution in [0, 0.1) is 30.6 Å². The van der Waals surface area contributed by atoms with Crippen molar-refractivity contribution in [1.29, 1.82) is 0 Å². The van der Waals surface area contributed by atoms with Crippen molar-refractivity contribution < 1.29 is 17.6 Å². The maximum Gasteiger partial charge on any atom is 0.395 e. The topological polar surface area (TPSA) is 77.1 Å². The Bertz CT molecular complexity index is 1540. The van der Waals surface area contributed by atoms with E-state index in [-0.39, 0.29) is 10.6 Å². The normalized spacial score (nSPS) is 14.9. The average molecular weight is 590 g/mol. The van der Waals surface area contributed by atoms with E-state index in [1.54, 1.807) is 25.1 Å². The third-order valence-corrected chi connectivity index (χ3v) is 7.18. The molecule has 0 fully saturated rings. The predicted molar refractivity (Wildman–Crippen MR) is 154 cm³/mol. The molecule has 2 aromatic heterocycles. The van der Waals surface area contributed by atoms with E-state index in [2.05, 4.69) is 37.5 Å². The molecule has 0 saturated carbocycles. The van der Waals surface area contributed by atoms with Gasteiger partial charge in [0, 0.05) is 46.8 Å². The van der Waals surface area contributed by atoms with Gasteiger partial charge in [0.2, 0.25) is 5.95 Å². The summed E-state index contributed by atoms with van der Waals surface area (Å²) in [5.74, 6) is 1.89. The largest absolute Gasteiger partial charge is 0.395 e. The molecule has 0 bridgehead atoms. The van der Waals surface area contributed by atoms with Gasteiger partial charge in [-0.15, -0.1) is 12.0 Å². The number of nitrogens with one attached hydrogen (secondary N) is 4. The van der Waals surface area contributed by atoms with Gasteiger partial charge in [-0.25, -0.2) is 4.98 Å². The van der Waals surface area contributed by atoms with Gasteiger partial charge in [-0.2, -0.15) is 17.6 Å². The van der Waals surface area contributed by atoms with Crippen molar-refractivity contribution in [2.75, 3.05) is 17.2 Å². The number of hydrogen-bond donors (Lipinski definition) is 4. The number of anilines is 2. The maximum absolute atomic E-state index is 13.9. The summed E-state index contributed by atoms with van der Waals surface area (Å²) in [6.07, 6.45) is 4.56. The molecule has 0 aliphatic carbocycles. The zero-order valence-corrected chi connectivity index (χ0v) is 24.3. The Morgan fingerprint density at radius 3 is 2.44 bits per heavy atom. The van der Waals surface area contributed by atoms with Gasteiger partial charge >= 0.3 is 6.18 Å². The van der Waals surface area contributed by atoms with Crippen LogP contribution in [0.25, 0.3) is 10.9 Å². The second-order valence-electron chi connectivity index (χ2n) is 11.5. The van der Waals surface area contributed by atoms with Gasteiger partial charge in [0.05, 0.1) is 38.9 Å². The number of nitrogens with zero attached hydrogens (tertiary/aromatic N) is 3. The third kappa shape index (κ3) is 6.29. The molecule has 4 N–H and O–H groups in total. The molecule has 0 unspecified atom stereocenters. The standard InChI is InChI=1S/C29H32ClF4N7/c1-8-17-13-35-25-20(24(17)36-15-28(6,7)29(32,33)34)11-18(12-21(25)30)38-26(19-9-10-23(31)37-16(19)2)22-14-41(40-39-22)27(3,4)5/h1,9-14,26,38-40H,15H2,2-7H3,(H,35,36)/t26-/m0/s1. The van der Waals surface area contributed by atoms with Crippen LogP contribution in [-0.4, -0.2) is 33.2 Å². The Morgan fingerprint density at radius 1 is 1.15 bits per heavy atom. The fourth-order valence-corrected chi connectivity index (χ4v) is 4.49. The molecular formula is C29H32ClF4N7. The molecule has 1 aliphatic heterocycles. The number of alkyl halides is 3. The molecule has 7 nitrogen and oxygen atoms in total. The third-order valence-electron chi connectivity index (χ3n) is 6.89. The lowest BCUT2D eigenvalue weighted by molar-refractivity contribution is -0.206. The second kappa shape index (κ2) is 10.9. The van der Waals surface area contributed by atoms with Crippen LogP contribution in [0.5, 0.6) is 0 Å². The summed E-state index contributed by atoms with van der Waals surface area (Å²) < 4.78 is 54.7. The Morgan fingerprint density at radius 2 is 1.85 bits per heavy atom. The number of fused-ring (bicyclic) bond motifs is 1. The lowest BCUT2D eigenvalue weighted by Gasteiger charge is -2.30. The monoisotopic (exact) mass is 589 g/mol. The van der Waals surface area contributed by atoms with Crippen molar-refractivity contribution >= 4 is 33.9 Å². The maximum atomic E-state index is 13.9. The number of pyridine rings is 2. The van der Waals surface area contributed by atoms with Gasteiger partial charge in [0.1, 0.15) is 0 Å². The van der Waals surface area contributed by atoms with Gasteiger partial charge in [0.25, 0.3) is 0 Å². The zero-order chi connectivity index (χ0) is 30.3. The minimum atomic E-state index is -4.44. The Hall–Kier alpha value is -3.75. The summed E-state index contributed by atoms with van der Waals surface area (Å²) in [5.41, 5.74) is 7.39. The van der Waals surface area contributed by atoms with E-state index in [0.717, 1.165) is 13.8 Å². The van der Waals surface area contributed by atoms with Crippen LogP contribution >= 0.6 is 11.6 Å². The quantitative estimate of drug-likeness (QED) is 0.137. The predicted octanol–water partition coefficient (Wildman–Crippen LogP) is 6.83. The first-order valence-corrected chi connectivity index (χ1v) is 13.2. The Kier molecular flexibility index (Phi) is 8.04. The number of aryl methyl sites for hydroxylation is 1. The van der Waals surface area contributed by atoms with Gasteiger partial charge in [-0.05, 0) is 59.7 Å². The first-order valence-electron chi connectivity index (χ1n) is 12.8. The van der Waals surface area contributed by atoms with Gasteiger partial charge in [-0.1, -0.05) is 23.6 Å². The van der Waals surface area contributed by atoms with E-state index < -0.39 is 30.1 Å². The highest BCUT2D eigenvalue weighted by Gasteiger charge is 2.47. The zero-order valence-electron chi connectivity index (χ0n) is 23.6. The number of halogens is 5. The molecular weight excluding hydrogens is 558 g/mol. The second-order valence-corrected chi connectivity index (χ2v) is 11.9. The molecule has 4 rings (SSSR count). The summed E-state index contributed by atoms with van der Waals surface area (Å²) in [4.78, 5) is 8.36. The smallest absolute Gasteiger partial charge is 0.383 e. The molecule has 3 aromatic rings. The van der Waals surface area contributed by atoms with Crippen molar-refractivity contribution in [3.05, 3.63) is 70.2 Å². The molecule has 0 radical (unpaired) electrons. The van der Waals surface area contributed by atoms with Crippen LogP contribution in [0.1, 0.15) is 57.5 Å². The lowest BCUT2D eigenvalue weighted by atomic mass is 9.92. The van der Waals surface area contributed by atoms with Crippen molar-refractivity contribution in [3.63, 3.8) is 0 Å². The molecule has 1 aromatic carbocycles. The molecule has 41 heavy (non-hydrogen) atoms. The van der Waals surface area contributed by atoms with Crippen molar-refractivity contribution in [1.82, 2.24) is 25.9 Å². The number of hydrazine groups is 2. The van der Waals surface area contributed by atoms with Crippen LogP contribution in [0.15, 0.2) is 42.4 Å². The lowest BCUT2D eigenvalue weighted by Crippen LogP contribution is -2.47. The van der Waals surface area contributed by atoms with Crippen molar-refractivity contribution in [2.45, 2.75) is 59.3 Å². The number of aromatic nitrogens is 2. The van der Waals surface area contributed by atoms with Crippen LogP contribution in [0.4, 0.5) is 28.9 Å². The van der Waals surface area contributed by atoms with Gasteiger partial charge in [0.15, 0.2) is 0 Å². The molecule has 218 valence electrons. The van der Waals surface area contributed by atoms with E-state index in [1.165, 1.54) is 12.3 Å². The molecule has 0 saturated heterocycles. The van der Waals surface area contributed by atoms with Crippen molar-refractivity contribution in [3.8, 4) is 12.3 Å². The highest BCUT2D eigenvalue weighted by Crippen LogP contribution is 2.40. The van der Waals surface area contributed by atoms with E-state index >= 15 is 0 Å². The summed E-state index contributed by atoms with van der Waals surface area (Å²) in [5, 5.41) is 8.94. The van der Waals surface area contributed by atoms with Crippen LogP contribution < -0.4 is 21.6 Å². The fraction of sp³-hybridized carbons (Fsp3) is 0.379. The number of hydrogen-bond acceptors (Lipinski definition) is 7. The molecule has 12 heteroatoms. The van der Waals surface area contributed by atoms with E-state index in [9.17, 15) is 17.6 Å². The van der Waals surface area contributed by atoms with Gasteiger partial charge < -0.3 is 16.1 Å². The molecule has 1 atom stereocenters. The Labute approximate surface area is 241 Å². The van der Waals surface area contributed by atoms with Crippen LogP contribution in [0.2, 0.25) is 5.02 Å². The highest BCUT2D eigenvalue weighted by atomic mass is 35.5. The first-order chi connectivity index (χ1) is 19.0. The Balaban J connectivity index is 1.81. The number of terminal acetylenes is 1. The van der Waals surface area contributed by atoms with Crippen LogP contribution in [-0.2, 0) is 0 Å². The minimum absolute atomic E-state index is 0.260. The average Bonchev–Trinajstić information content (AvgIpc) is 3.36. The van der Waals surface area contributed by atoms with Crippen LogP contribution in [0.3, 0.4) is 0 Å². The number of benzene rings is 1. The minimum Gasteiger partial charge on any atom is -0.383 e. The summed E-state index contributed by atoms with van der Waals surface area (Å²) in [7, 11) is 0. The van der Waals surface area contributed by atoms with E-state index in [1.807, 2.05) is 32.0 Å². The first kappa shape index (κ1) is 30.2. The van der Waals surface area contributed by atoms with Crippen molar-refractivity contribution in [2.24, 2.45) is 5.41 Å².